The summed E-state index contributed by atoms with van der Waals surface area (Å²) in [6.45, 7) is 5.78. The van der Waals surface area contributed by atoms with Crippen molar-refractivity contribution in [1.29, 1.82) is 0 Å². The molecule has 0 aliphatic heterocycles. The van der Waals surface area contributed by atoms with Crippen LogP contribution in [0.25, 0.3) is 0 Å². The van der Waals surface area contributed by atoms with Crippen LogP contribution < -0.4 is 15.8 Å². The van der Waals surface area contributed by atoms with Gasteiger partial charge in [-0.3, -0.25) is 4.79 Å². The van der Waals surface area contributed by atoms with Gasteiger partial charge in [0.1, 0.15) is 5.82 Å². The number of sulfonamides is 1. The third-order valence-electron chi connectivity index (χ3n) is 2.59. The van der Waals surface area contributed by atoms with Crippen LogP contribution in [0.2, 0.25) is 0 Å². The maximum atomic E-state index is 12.0. The Morgan fingerprint density at radius 2 is 2.10 bits per heavy atom. The zero-order valence-corrected chi connectivity index (χ0v) is 13.2. The molecule has 0 fully saturated rings. The minimum atomic E-state index is -3.37. The standard InChI is InChI=1S/C12H21N5O3S/c1-4-16-21(19,20)6-5-14-12(18)10-9(13)7-15-11(17-10)8(2)3/h7-8,16H,4-6,13H2,1-3H3,(H,14,18). The molecule has 1 rings (SSSR count). The number of amides is 1. The van der Waals surface area contributed by atoms with Crippen LogP contribution >= 0.6 is 0 Å². The predicted molar refractivity (Wildman–Crippen MR) is 80.3 cm³/mol. The first kappa shape index (κ1) is 17.3. The topological polar surface area (TPSA) is 127 Å². The van der Waals surface area contributed by atoms with Crippen LogP contribution in [0.3, 0.4) is 0 Å². The van der Waals surface area contributed by atoms with Crippen molar-refractivity contribution in [2.45, 2.75) is 26.7 Å². The molecule has 0 aliphatic carbocycles. The van der Waals surface area contributed by atoms with Gasteiger partial charge in [-0.15, -0.1) is 0 Å². The summed E-state index contributed by atoms with van der Waals surface area (Å²) < 4.78 is 25.2. The number of carbonyl (C=O) groups is 1. The molecule has 4 N–H and O–H groups in total. The van der Waals surface area contributed by atoms with Gasteiger partial charge in [0.25, 0.3) is 5.91 Å². The van der Waals surface area contributed by atoms with Gasteiger partial charge in [-0.05, 0) is 0 Å². The molecule has 0 bridgehead atoms. The van der Waals surface area contributed by atoms with Gasteiger partial charge in [0.2, 0.25) is 10.0 Å². The molecule has 0 aliphatic rings. The van der Waals surface area contributed by atoms with E-state index in [1.165, 1.54) is 6.20 Å². The Kier molecular flexibility index (Phi) is 6.03. The second kappa shape index (κ2) is 7.32. The molecular weight excluding hydrogens is 294 g/mol. The van der Waals surface area contributed by atoms with Crippen molar-refractivity contribution in [2.75, 3.05) is 24.6 Å². The monoisotopic (exact) mass is 315 g/mol. The van der Waals surface area contributed by atoms with Crippen molar-refractivity contribution in [3.05, 3.63) is 17.7 Å². The fourth-order valence-electron chi connectivity index (χ4n) is 1.54. The summed E-state index contributed by atoms with van der Waals surface area (Å²) in [6.07, 6.45) is 1.38. The number of nitrogen functional groups attached to an aromatic ring is 1. The first-order valence-corrected chi connectivity index (χ1v) is 8.30. The van der Waals surface area contributed by atoms with Crippen LogP contribution in [0.15, 0.2) is 6.20 Å². The summed E-state index contributed by atoms with van der Waals surface area (Å²) in [7, 11) is -3.37. The smallest absolute Gasteiger partial charge is 0.272 e. The van der Waals surface area contributed by atoms with E-state index in [9.17, 15) is 13.2 Å². The SMILES string of the molecule is CCNS(=O)(=O)CCNC(=O)c1nc(C(C)C)ncc1N. The Hall–Kier alpha value is -1.74. The molecule has 118 valence electrons. The third-order valence-corrected chi connectivity index (χ3v) is 4.06. The van der Waals surface area contributed by atoms with Gasteiger partial charge in [-0.25, -0.2) is 23.1 Å². The normalized spacial score (nSPS) is 11.6. The number of rotatable bonds is 7. The highest BCUT2D eigenvalue weighted by Crippen LogP contribution is 2.13. The fraction of sp³-hybridized carbons (Fsp3) is 0.583. The Labute approximate surface area is 124 Å². The maximum absolute atomic E-state index is 12.0. The Bertz CT molecular complexity index is 601. The Morgan fingerprint density at radius 1 is 1.43 bits per heavy atom. The number of carbonyl (C=O) groups excluding carboxylic acids is 1. The van der Waals surface area contributed by atoms with E-state index in [0.717, 1.165) is 0 Å². The Balaban J connectivity index is 2.70. The predicted octanol–water partition coefficient (Wildman–Crippen LogP) is -0.149. The first-order valence-electron chi connectivity index (χ1n) is 6.64. The lowest BCUT2D eigenvalue weighted by molar-refractivity contribution is 0.0951. The first-order chi connectivity index (χ1) is 9.76. The molecule has 1 aromatic rings. The van der Waals surface area contributed by atoms with Gasteiger partial charge in [0.05, 0.1) is 17.6 Å². The molecule has 0 spiro atoms. The molecule has 0 saturated carbocycles. The lowest BCUT2D eigenvalue weighted by Crippen LogP contribution is -2.35. The van der Waals surface area contributed by atoms with Crippen LogP contribution in [0.5, 0.6) is 0 Å². The van der Waals surface area contributed by atoms with Crippen molar-refractivity contribution >= 4 is 21.6 Å². The van der Waals surface area contributed by atoms with E-state index in [4.69, 9.17) is 5.73 Å². The minimum absolute atomic E-state index is 0.0192. The van der Waals surface area contributed by atoms with Crippen molar-refractivity contribution in [3.8, 4) is 0 Å². The van der Waals surface area contributed by atoms with E-state index in [2.05, 4.69) is 20.0 Å². The summed E-state index contributed by atoms with van der Waals surface area (Å²) in [6, 6.07) is 0. The maximum Gasteiger partial charge on any atom is 0.272 e. The van der Waals surface area contributed by atoms with Crippen LogP contribution in [-0.4, -0.2) is 43.1 Å². The number of nitrogens with two attached hydrogens (primary N) is 1. The summed E-state index contributed by atoms with van der Waals surface area (Å²) in [5.74, 6) is -0.140. The number of nitrogens with one attached hydrogen (secondary N) is 2. The lowest BCUT2D eigenvalue weighted by Gasteiger charge is -2.10. The summed E-state index contributed by atoms with van der Waals surface area (Å²) in [4.78, 5) is 20.1. The van der Waals surface area contributed by atoms with Crippen LogP contribution in [0.4, 0.5) is 5.69 Å². The molecule has 0 radical (unpaired) electrons. The lowest BCUT2D eigenvalue weighted by atomic mass is 10.2. The summed E-state index contributed by atoms with van der Waals surface area (Å²) in [5.41, 5.74) is 5.90. The van der Waals surface area contributed by atoms with Gasteiger partial charge in [-0.2, -0.15) is 0 Å². The molecule has 1 aromatic heterocycles. The molecule has 0 aromatic carbocycles. The van der Waals surface area contributed by atoms with Crippen molar-refractivity contribution in [3.63, 3.8) is 0 Å². The van der Waals surface area contributed by atoms with Gasteiger partial charge >= 0.3 is 0 Å². The quantitative estimate of drug-likeness (QED) is 0.642. The summed E-state index contributed by atoms with van der Waals surface area (Å²) >= 11 is 0. The molecule has 1 amide bonds. The Morgan fingerprint density at radius 3 is 2.67 bits per heavy atom. The fourth-order valence-corrected chi connectivity index (χ4v) is 2.49. The van der Waals surface area contributed by atoms with Crippen molar-refractivity contribution in [2.24, 2.45) is 0 Å². The zero-order valence-electron chi connectivity index (χ0n) is 12.4. The average Bonchev–Trinajstić information content (AvgIpc) is 2.38. The molecule has 1 heterocycles. The zero-order chi connectivity index (χ0) is 16.0. The van der Waals surface area contributed by atoms with E-state index in [1.807, 2.05) is 13.8 Å². The molecule has 0 atom stereocenters. The van der Waals surface area contributed by atoms with Gasteiger partial charge < -0.3 is 11.1 Å². The second-order valence-corrected chi connectivity index (χ2v) is 6.69. The third kappa shape index (κ3) is 5.27. The highest BCUT2D eigenvalue weighted by atomic mass is 32.2. The van der Waals surface area contributed by atoms with Crippen LogP contribution in [0, 0.1) is 0 Å². The summed E-state index contributed by atoms with van der Waals surface area (Å²) in [5, 5.41) is 2.49. The molecule has 0 saturated heterocycles. The number of anilines is 1. The molecule has 8 nitrogen and oxygen atoms in total. The van der Waals surface area contributed by atoms with E-state index < -0.39 is 15.9 Å². The number of hydrogen-bond acceptors (Lipinski definition) is 6. The van der Waals surface area contributed by atoms with E-state index in [1.54, 1.807) is 6.92 Å². The second-order valence-electron chi connectivity index (χ2n) is 4.76. The van der Waals surface area contributed by atoms with Gasteiger partial charge in [0.15, 0.2) is 5.69 Å². The van der Waals surface area contributed by atoms with E-state index >= 15 is 0 Å². The average molecular weight is 315 g/mol. The van der Waals surface area contributed by atoms with Crippen LogP contribution in [0.1, 0.15) is 43.0 Å². The van der Waals surface area contributed by atoms with E-state index in [0.29, 0.717) is 12.4 Å². The number of aromatic nitrogens is 2. The van der Waals surface area contributed by atoms with Gasteiger partial charge in [0, 0.05) is 19.0 Å². The van der Waals surface area contributed by atoms with Crippen molar-refractivity contribution < 1.29 is 13.2 Å². The minimum Gasteiger partial charge on any atom is -0.396 e. The highest BCUT2D eigenvalue weighted by molar-refractivity contribution is 7.89. The largest absolute Gasteiger partial charge is 0.396 e. The molecule has 9 heteroatoms. The van der Waals surface area contributed by atoms with E-state index in [-0.39, 0.29) is 29.6 Å². The molecular formula is C12H21N5O3S. The van der Waals surface area contributed by atoms with Crippen molar-refractivity contribution in [1.82, 2.24) is 20.0 Å². The highest BCUT2D eigenvalue weighted by Gasteiger charge is 2.16. The van der Waals surface area contributed by atoms with Crippen LogP contribution in [-0.2, 0) is 10.0 Å². The van der Waals surface area contributed by atoms with Gasteiger partial charge in [-0.1, -0.05) is 20.8 Å². The number of nitrogens with zero attached hydrogens (tertiary/aromatic N) is 2. The molecule has 0 unspecified atom stereocenters. The molecule has 21 heavy (non-hydrogen) atoms. The number of hydrogen-bond donors (Lipinski definition) is 3.